The number of alkyl halides is 3. The van der Waals surface area contributed by atoms with E-state index in [9.17, 15) is 17.6 Å². The number of rotatable bonds is 4. The van der Waals surface area contributed by atoms with Gasteiger partial charge >= 0.3 is 6.18 Å². The second-order valence-electron chi connectivity index (χ2n) is 3.85. The molecule has 0 saturated heterocycles. The second-order valence-corrected chi connectivity index (χ2v) is 4.26. The van der Waals surface area contributed by atoms with Gasteiger partial charge in [-0.3, -0.25) is 0 Å². The van der Waals surface area contributed by atoms with Gasteiger partial charge in [0.05, 0.1) is 11.4 Å². The van der Waals surface area contributed by atoms with Crippen LogP contribution in [0.25, 0.3) is 0 Å². The van der Waals surface area contributed by atoms with Crippen LogP contribution in [0, 0.1) is 5.82 Å². The van der Waals surface area contributed by atoms with E-state index in [0.29, 0.717) is 5.56 Å². The van der Waals surface area contributed by atoms with Gasteiger partial charge in [-0.05, 0) is 24.6 Å². The highest BCUT2D eigenvalue weighted by Gasteiger charge is 2.29. The van der Waals surface area contributed by atoms with Crippen molar-refractivity contribution >= 4 is 11.6 Å². The molecular formula is C11H12ClF4N. The minimum atomic E-state index is -4.20. The van der Waals surface area contributed by atoms with E-state index in [1.165, 1.54) is 19.1 Å². The molecule has 1 unspecified atom stereocenters. The van der Waals surface area contributed by atoms with Gasteiger partial charge in [0, 0.05) is 12.6 Å². The lowest BCUT2D eigenvalue weighted by Crippen LogP contribution is -2.30. The molecule has 0 aromatic heterocycles. The largest absolute Gasteiger partial charge is 0.390 e. The summed E-state index contributed by atoms with van der Waals surface area (Å²) in [5, 5.41) is 2.67. The average molecular weight is 270 g/mol. The van der Waals surface area contributed by atoms with E-state index >= 15 is 0 Å². The zero-order valence-electron chi connectivity index (χ0n) is 9.11. The monoisotopic (exact) mass is 269 g/mol. The zero-order chi connectivity index (χ0) is 13.1. The summed E-state index contributed by atoms with van der Waals surface area (Å²) in [6.45, 7) is 1.60. The predicted molar refractivity (Wildman–Crippen MR) is 58.4 cm³/mol. The third-order valence-corrected chi connectivity index (χ3v) is 2.48. The summed E-state index contributed by atoms with van der Waals surface area (Å²) in [4.78, 5) is 0. The fourth-order valence-electron chi connectivity index (χ4n) is 1.36. The number of hydrogen-bond donors (Lipinski definition) is 1. The summed E-state index contributed by atoms with van der Waals surface area (Å²) >= 11 is 5.49. The van der Waals surface area contributed by atoms with E-state index in [0.717, 1.165) is 0 Å². The van der Waals surface area contributed by atoms with Gasteiger partial charge in [0.2, 0.25) is 0 Å². The highest BCUT2D eigenvalue weighted by molar-refractivity contribution is 6.30. The van der Waals surface area contributed by atoms with Gasteiger partial charge in [-0.2, -0.15) is 13.2 Å². The van der Waals surface area contributed by atoms with E-state index in [1.807, 2.05) is 0 Å². The maximum Gasteiger partial charge on any atom is 0.390 e. The van der Waals surface area contributed by atoms with Gasteiger partial charge in [0.25, 0.3) is 0 Å². The number of halogens is 5. The molecule has 0 radical (unpaired) electrons. The van der Waals surface area contributed by atoms with Crippen molar-refractivity contribution in [1.29, 1.82) is 0 Å². The Bertz CT molecular complexity index is 378. The van der Waals surface area contributed by atoms with Gasteiger partial charge in [-0.25, -0.2) is 4.39 Å². The Morgan fingerprint density at radius 1 is 1.35 bits per heavy atom. The van der Waals surface area contributed by atoms with Crippen molar-refractivity contribution in [3.63, 3.8) is 0 Å². The summed E-state index contributed by atoms with van der Waals surface area (Å²) in [6, 6.07) is 3.44. The summed E-state index contributed by atoms with van der Waals surface area (Å²) < 4.78 is 49.1. The lowest BCUT2D eigenvalue weighted by molar-refractivity contribution is -0.139. The zero-order valence-corrected chi connectivity index (χ0v) is 9.87. The predicted octanol–water partition coefficient (Wildman–Crippen LogP) is 3.91. The first-order valence-electron chi connectivity index (χ1n) is 5.02. The van der Waals surface area contributed by atoms with Crippen LogP contribution in [0.3, 0.4) is 0 Å². The van der Waals surface area contributed by atoms with E-state index in [4.69, 9.17) is 11.6 Å². The molecule has 0 fully saturated rings. The van der Waals surface area contributed by atoms with E-state index in [1.54, 1.807) is 6.07 Å². The van der Waals surface area contributed by atoms with Gasteiger partial charge in [0.1, 0.15) is 5.82 Å². The molecule has 0 amide bonds. The van der Waals surface area contributed by atoms with Crippen LogP contribution in [0.4, 0.5) is 17.6 Å². The molecule has 1 rings (SSSR count). The molecule has 0 aliphatic carbocycles. The Morgan fingerprint density at radius 3 is 2.53 bits per heavy atom. The smallest absolute Gasteiger partial charge is 0.310 e. The third kappa shape index (κ3) is 5.37. The van der Waals surface area contributed by atoms with Crippen LogP contribution in [-0.4, -0.2) is 12.2 Å². The Hall–Kier alpha value is -0.810. The Labute approximate surface area is 102 Å². The number of benzene rings is 1. The standard InChI is InChI=1S/C11H12ClF4N/c1-7(5-11(14,15)16)17-6-8-2-3-9(12)10(13)4-8/h2-4,7,17H,5-6H2,1H3. The van der Waals surface area contributed by atoms with E-state index < -0.39 is 24.5 Å². The van der Waals surface area contributed by atoms with Crippen LogP contribution in [0.15, 0.2) is 18.2 Å². The summed E-state index contributed by atoms with van der Waals surface area (Å²) in [5.41, 5.74) is 0.556. The van der Waals surface area contributed by atoms with Crippen molar-refractivity contribution in [2.75, 3.05) is 0 Å². The summed E-state index contributed by atoms with van der Waals surface area (Å²) in [5.74, 6) is -0.575. The van der Waals surface area contributed by atoms with Crippen LogP contribution >= 0.6 is 11.6 Å². The maximum atomic E-state index is 13.0. The van der Waals surface area contributed by atoms with Crippen molar-refractivity contribution in [3.05, 3.63) is 34.6 Å². The molecule has 1 nitrogen and oxygen atoms in total. The molecule has 96 valence electrons. The van der Waals surface area contributed by atoms with Gasteiger partial charge in [0.15, 0.2) is 0 Å². The Balaban J connectivity index is 2.47. The van der Waals surface area contributed by atoms with Crippen molar-refractivity contribution in [2.24, 2.45) is 0 Å². The molecule has 0 aliphatic rings. The lowest BCUT2D eigenvalue weighted by atomic mass is 10.2. The Morgan fingerprint density at radius 2 is 2.00 bits per heavy atom. The molecule has 6 heteroatoms. The third-order valence-electron chi connectivity index (χ3n) is 2.18. The normalized spacial score (nSPS) is 13.8. The fourth-order valence-corrected chi connectivity index (χ4v) is 1.48. The molecule has 1 aromatic rings. The maximum absolute atomic E-state index is 13.0. The van der Waals surface area contributed by atoms with Crippen molar-refractivity contribution in [2.45, 2.75) is 32.1 Å². The van der Waals surface area contributed by atoms with Gasteiger partial charge in [-0.1, -0.05) is 17.7 Å². The van der Waals surface area contributed by atoms with Crippen LogP contribution in [-0.2, 0) is 6.54 Å². The van der Waals surface area contributed by atoms with Crippen molar-refractivity contribution in [3.8, 4) is 0 Å². The molecule has 1 atom stereocenters. The molecule has 0 aliphatic heterocycles. The quantitative estimate of drug-likeness (QED) is 0.817. The van der Waals surface area contributed by atoms with E-state index in [-0.39, 0.29) is 11.6 Å². The first-order valence-corrected chi connectivity index (χ1v) is 5.40. The SMILES string of the molecule is CC(CC(F)(F)F)NCc1ccc(Cl)c(F)c1. The first-order chi connectivity index (χ1) is 7.78. The average Bonchev–Trinajstić information content (AvgIpc) is 2.17. The van der Waals surface area contributed by atoms with Gasteiger partial charge < -0.3 is 5.32 Å². The molecular weight excluding hydrogens is 258 g/mol. The van der Waals surface area contributed by atoms with Gasteiger partial charge in [-0.15, -0.1) is 0 Å². The Kier molecular flexibility index (Phi) is 4.77. The molecule has 0 saturated carbocycles. The topological polar surface area (TPSA) is 12.0 Å². The molecule has 1 aromatic carbocycles. The molecule has 0 heterocycles. The van der Waals surface area contributed by atoms with Crippen LogP contribution < -0.4 is 5.32 Å². The molecule has 0 spiro atoms. The van der Waals surface area contributed by atoms with Crippen LogP contribution in [0.1, 0.15) is 18.9 Å². The molecule has 17 heavy (non-hydrogen) atoms. The summed E-state index contributed by atoms with van der Waals surface area (Å²) in [6.07, 6.45) is -5.11. The van der Waals surface area contributed by atoms with Crippen LogP contribution in [0.2, 0.25) is 5.02 Å². The lowest BCUT2D eigenvalue weighted by Gasteiger charge is -2.15. The highest BCUT2D eigenvalue weighted by atomic mass is 35.5. The minimum absolute atomic E-state index is 0.00269. The van der Waals surface area contributed by atoms with E-state index in [2.05, 4.69) is 5.32 Å². The number of hydrogen-bond acceptors (Lipinski definition) is 1. The second kappa shape index (κ2) is 5.69. The molecule has 1 N–H and O–H groups in total. The minimum Gasteiger partial charge on any atom is -0.310 e. The number of nitrogens with one attached hydrogen (secondary N) is 1. The molecule has 0 bridgehead atoms. The fraction of sp³-hybridized carbons (Fsp3) is 0.455. The highest BCUT2D eigenvalue weighted by Crippen LogP contribution is 2.21. The summed E-state index contributed by atoms with van der Waals surface area (Å²) in [7, 11) is 0. The van der Waals surface area contributed by atoms with Crippen LogP contribution in [0.5, 0.6) is 0 Å². The van der Waals surface area contributed by atoms with Crippen molar-refractivity contribution in [1.82, 2.24) is 5.32 Å². The van der Waals surface area contributed by atoms with Crippen molar-refractivity contribution < 1.29 is 17.6 Å². The first kappa shape index (κ1) is 14.3.